The van der Waals surface area contributed by atoms with Crippen LogP contribution in [0, 0.1) is 28.6 Å². The van der Waals surface area contributed by atoms with Crippen LogP contribution < -0.4 is 0 Å². The summed E-state index contributed by atoms with van der Waals surface area (Å²) >= 11 is 0. The summed E-state index contributed by atoms with van der Waals surface area (Å²) in [5.74, 6) is 1.78. The van der Waals surface area contributed by atoms with Crippen LogP contribution in [0.15, 0.2) is 16.8 Å². The van der Waals surface area contributed by atoms with Crippen LogP contribution in [0.4, 0.5) is 0 Å². The molecule has 0 bridgehead atoms. The molecule has 0 aliphatic heterocycles. The van der Waals surface area contributed by atoms with Gasteiger partial charge in [-0.2, -0.15) is 0 Å². The van der Waals surface area contributed by atoms with Crippen LogP contribution in [-0.2, 0) is 4.84 Å². The molecule has 0 amide bonds. The van der Waals surface area contributed by atoms with E-state index in [2.05, 4.69) is 25.1 Å². The van der Waals surface area contributed by atoms with Crippen LogP contribution >= 0.6 is 0 Å². The van der Waals surface area contributed by atoms with Gasteiger partial charge in [-0.25, -0.2) is 0 Å². The van der Waals surface area contributed by atoms with Crippen molar-refractivity contribution in [3.05, 3.63) is 11.6 Å². The van der Waals surface area contributed by atoms with E-state index < -0.39 is 12.2 Å². The highest BCUT2D eigenvalue weighted by molar-refractivity contribution is 5.96. The maximum Gasteiger partial charge on any atom is 0.106 e. The molecule has 2 N–H and O–H groups in total. The van der Waals surface area contributed by atoms with Gasteiger partial charge in [-0.15, -0.1) is 0 Å². The Hall–Kier alpha value is -0.870. The Morgan fingerprint density at radius 1 is 1.12 bits per heavy atom. The Morgan fingerprint density at radius 3 is 2.67 bits per heavy atom. The number of nitrogens with zero attached hydrogens (tertiary/aromatic N) is 1. The molecule has 0 spiro atoms. The third-order valence-corrected chi connectivity index (χ3v) is 8.16. The predicted molar refractivity (Wildman–Crippen MR) is 93.5 cm³/mol. The van der Waals surface area contributed by atoms with E-state index >= 15 is 0 Å². The second kappa shape index (κ2) is 5.57. The van der Waals surface area contributed by atoms with E-state index in [1.54, 1.807) is 12.7 Å². The van der Waals surface area contributed by atoms with Crippen molar-refractivity contribution in [2.75, 3.05) is 7.11 Å². The molecule has 4 rings (SSSR count). The Labute approximate surface area is 145 Å². The lowest BCUT2D eigenvalue weighted by atomic mass is 9.47. The molecule has 24 heavy (non-hydrogen) atoms. The molecule has 134 valence electrons. The number of allylic oxidation sites excluding steroid dienone is 2. The number of aliphatic hydroxyl groups excluding tert-OH is 2. The molecule has 4 aliphatic carbocycles. The quantitative estimate of drug-likeness (QED) is 0.724. The van der Waals surface area contributed by atoms with Crippen LogP contribution in [0.3, 0.4) is 0 Å². The van der Waals surface area contributed by atoms with E-state index in [4.69, 9.17) is 4.84 Å². The number of rotatable bonds is 1. The van der Waals surface area contributed by atoms with Crippen LogP contribution in [0.5, 0.6) is 0 Å². The predicted octanol–water partition coefficient (Wildman–Crippen LogP) is 3.28. The van der Waals surface area contributed by atoms with Gasteiger partial charge in [-0.05, 0) is 79.6 Å². The van der Waals surface area contributed by atoms with Crippen molar-refractivity contribution in [2.45, 2.75) is 71.0 Å². The SMILES string of the molecule is CO/N=C1\C=C2CC[C@H]3[C@@H]4C[C@@H](O)[C@H](O)[C@@]4(C)CC[C@@H]3[C@@]2(C)CC1. The first-order valence-electron chi connectivity index (χ1n) is 9.57. The molecule has 0 aromatic carbocycles. The Kier molecular flexibility index (Phi) is 3.85. The lowest BCUT2D eigenvalue weighted by Crippen LogP contribution is -2.51. The average Bonchev–Trinajstić information content (AvgIpc) is 2.79. The van der Waals surface area contributed by atoms with Gasteiger partial charge >= 0.3 is 0 Å². The van der Waals surface area contributed by atoms with Gasteiger partial charge in [-0.1, -0.05) is 24.6 Å². The van der Waals surface area contributed by atoms with Crippen LogP contribution in [0.2, 0.25) is 0 Å². The fraction of sp³-hybridized carbons (Fsp3) is 0.850. The number of aliphatic hydroxyl groups is 2. The standard InChI is InChI=1S/C20H31NO3/c1-19-8-6-13(21-24-3)10-12(19)4-5-14-15(19)7-9-20(2)16(14)11-17(22)18(20)23/h10,14-18,22-23H,4-9,11H2,1-3H3/b21-13-/t14-,15+,16+,17-,18+,19+,20+/m1/s1. The molecule has 4 heteroatoms. The summed E-state index contributed by atoms with van der Waals surface area (Å²) < 4.78 is 0. The highest BCUT2D eigenvalue weighted by Crippen LogP contribution is 2.65. The van der Waals surface area contributed by atoms with Gasteiger partial charge in [0.05, 0.1) is 17.9 Å². The molecule has 4 nitrogen and oxygen atoms in total. The van der Waals surface area contributed by atoms with Crippen LogP contribution in [0.25, 0.3) is 0 Å². The van der Waals surface area contributed by atoms with Crippen molar-refractivity contribution >= 4 is 5.71 Å². The monoisotopic (exact) mass is 333 g/mol. The number of hydrogen-bond acceptors (Lipinski definition) is 4. The van der Waals surface area contributed by atoms with Crippen LogP contribution in [0.1, 0.15) is 58.8 Å². The van der Waals surface area contributed by atoms with Gasteiger partial charge in [-0.3, -0.25) is 0 Å². The van der Waals surface area contributed by atoms with Gasteiger partial charge in [0.1, 0.15) is 7.11 Å². The van der Waals surface area contributed by atoms with Crippen molar-refractivity contribution in [2.24, 2.45) is 33.7 Å². The second-order valence-corrected chi connectivity index (χ2v) is 9.06. The average molecular weight is 333 g/mol. The van der Waals surface area contributed by atoms with E-state index in [-0.39, 0.29) is 10.8 Å². The molecule has 7 atom stereocenters. The molecule has 0 aromatic heterocycles. The number of fused-ring (bicyclic) bond motifs is 5. The molecule has 0 heterocycles. The van der Waals surface area contributed by atoms with E-state index in [1.165, 1.54) is 12.8 Å². The van der Waals surface area contributed by atoms with Crippen molar-refractivity contribution in [1.29, 1.82) is 0 Å². The van der Waals surface area contributed by atoms with Crippen molar-refractivity contribution in [1.82, 2.24) is 0 Å². The van der Waals surface area contributed by atoms with Crippen molar-refractivity contribution in [3.63, 3.8) is 0 Å². The van der Waals surface area contributed by atoms with Gasteiger partial charge in [0.25, 0.3) is 0 Å². The molecule has 3 saturated carbocycles. The molecule has 0 saturated heterocycles. The minimum Gasteiger partial charge on any atom is -0.399 e. The highest BCUT2D eigenvalue weighted by Gasteiger charge is 2.60. The summed E-state index contributed by atoms with van der Waals surface area (Å²) in [4.78, 5) is 4.98. The summed E-state index contributed by atoms with van der Waals surface area (Å²) in [5, 5.41) is 25.0. The first-order valence-corrected chi connectivity index (χ1v) is 9.57. The topological polar surface area (TPSA) is 62.0 Å². The minimum absolute atomic E-state index is 0.0878. The first kappa shape index (κ1) is 16.6. The first-order chi connectivity index (χ1) is 11.4. The van der Waals surface area contributed by atoms with E-state index in [9.17, 15) is 10.2 Å². The highest BCUT2D eigenvalue weighted by atomic mass is 16.6. The maximum absolute atomic E-state index is 10.5. The van der Waals surface area contributed by atoms with E-state index in [0.717, 1.165) is 37.8 Å². The summed E-state index contributed by atoms with van der Waals surface area (Å²) in [5.41, 5.74) is 2.80. The molecule has 3 fully saturated rings. The third-order valence-electron chi connectivity index (χ3n) is 8.16. The molecule has 0 radical (unpaired) electrons. The van der Waals surface area contributed by atoms with Crippen molar-refractivity contribution in [3.8, 4) is 0 Å². The normalized spacial score (nSPS) is 52.3. The van der Waals surface area contributed by atoms with Gasteiger partial charge in [0.15, 0.2) is 0 Å². The number of hydrogen-bond donors (Lipinski definition) is 2. The van der Waals surface area contributed by atoms with Crippen LogP contribution in [-0.4, -0.2) is 35.2 Å². The number of oxime groups is 1. The molecular weight excluding hydrogens is 302 g/mol. The fourth-order valence-corrected chi connectivity index (χ4v) is 6.75. The fourth-order valence-electron chi connectivity index (χ4n) is 6.75. The van der Waals surface area contributed by atoms with E-state index in [0.29, 0.717) is 17.8 Å². The smallest absolute Gasteiger partial charge is 0.106 e. The third kappa shape index (κ3) is 2.15. The zero-order valence-corrected chi connectivity index (χ0v) is 15.2. The van der Waals surface area contributed by atoms with Gasteiger partial charge < -0.3 is 15.1 Å². The Balaban J connectivity index is 1.65. The minimum atomic E-state index is -0.542. The molecular formula is C20H31NO3. The zero-order chi connectivity index (χ0) is 17.1. The maximum atomic E-state index is 10.5. The largest absolute Gasteiger partial charge is 0.399 e. The summed E-state index contributed by atoms with van der Waals surface area (Å²) in [6, 6.07) is 0. The second-order valence-electron chi connectivity index (χ2n) is 9.06. The summed E-state index contributed by atoms with van der Waals surface area (Å²) in [6.07, 6.45) is 8.66. The Morgan fingerprint density at radius 2 is 1.92 bits per heavy atom. The lowest BCUT2D eigenvalue weighted by Gasteiger charge is -2.57. The molecule has 0 aromatic rings. The zero-order valence-electron chi connectivity index (χ0n) is 15.2. The van der Waals surface area contributed by atoms with Crippen molar-refractivity contribution < 1.29 is 15.1 Å². The van der Waals surface area contributed by atoms with E-state index in [1.807, 2.05) is 0 Å². The molecule has 4 aliphatic rings. The van der Waals surface area contributed by atoms with Gasteiger partial charge in [0, 0.05) is 0 Å². The lowest BCUT2D eigenvalue weighted by molar-refractivity contribution is -0.0828. The molecule has 0 unspecified atom stereocenters. The summed E-state index contributed by atoms with van der Waals surface area (Å²) in [7, 11) is 1.62. The Bertz CT molecular complexity index is 585. The summed E-state index contributed by atoms with van der Waals surface area (Å²) in [6.45, 7) is 4.66. The van der Waals surface area contributed by atoms with Gasteiger partial charge in [0.2, 0.25) is 0 Å².